The molecule has 0 spiro atoms. The minimum absolute atomic E-state index is 0.269. The van der Waals surface area contributed by atoms with E-state index in [1.54, 1.807) is 12.1 Å². The molecule has 31 heavy (non-hydrogen) atoms. The topological polar surface area (TPSA) is 107 Å². The van der Waals surface area contributed by atoms with Crippen LogP contribution in [0.4, 0.5) is 5.69 Å². The highest BCUT2D eigenvalue weighted by Gasteiger charge is 2.24. The maximum absolute atomic E-state index is 9.72. The van der Waals surface area contributed by atoms with Crippen LogP contribution in [0.3, 0.4) is 0 Å². The first-order valence-corrected chi connectivity index (χ1v) is 11.3. The van der Waals surface area contributed by atoms with Gasteiger partial charge in [-0.25, -0.2) is 13.4 Å². The van der Waals surface area contributed by atoms with Crippen molar-refractivity contribution < 1.29 is 23.1 Å². The van der Waals surface area contributed by atoms with Gasteiger partial charge in [-0.1, -0.05) is 42.5 Å². The maximum Gasteiger partial charge on any atom is 0.211 e. The molecule has 3 N–H and O–H groups in total. The van der Waals surface area contributed by atoms with Gasteiger partial charge >= 0.3 is 0 Å². The molecule has 0 atom stereocenters. The SMILES string of the molecule is CS(=O)(=O)[O-].Oc1ccc(/C(=C2/C=[NH+]c3ccccc32)c2c[nH]c3ccccc23)cc1. The summed E-state index contributed by atoms with van der Waals surface area (Å²) in [6.45, 7) is 0. The molecule has 3 aromatic carbocycles. The highest BCUT2D eigenvalue weighted by Crippen LogP contribution is 2.37. The third-order valence-electron chi connectivity index (χ3n) is 4.87. The van der Waals surface area contributed by atoms with Gasteiger partial charge in [0.05, 0.1) is 21.3 Å². The summed E-state index contributed by atoms with van der Waals surface area (Å²) in [5.41, 5.74) is 7.90. The molecule has 0 unspecified atom stereocenters. The number of hydrogen-bond acceptors (Lipinski definition) is 4. The first-order valence-electron chi connectivity index (χ1n) is 9.51. The lowest BCUT2D eigenvalue weighted by molar-refractivity contribution is -0.342. The number of aromatic amines is 1. The number of phenolic OH excluding ortho intramolecular Hbond substituents is 1. The van der Waals surface area contributed by atoms with E-state index in [0.29, 0.717) is 6.26 Å². The zero-order valence-electron chi connectivity index (χ0n) is 16.7. The second-order valence-electron chi connectivity index (χ2n) is 7.12. The van der Waals surface area contributed by atoms with Gasteiger partial charge in [0.1, 0.15) is 5.75 Å². The average Bonchev–Trinajstić information content (AvgIpc) is 3.34. The van der Waals surface area contributed by atoms with E-state index in [-0.39, 0.29) is 5.75 Å². The minimum atomic E-state index is -3.92. The number of para-hydroxylation sites is 2. The molecule has 4 aromatic rings. The number of allylic oxidation sites excluding steroid dienone is 1. The van der Waals surface area contributed by atoms with Gasteiger partial charge in [0.2, 0.25) is 5.69 Å². The molecule has 0 radical (unpaired) electrons. The molecular formula is C24H20N2O4S. The van der Waals surface area contributed by atoms with Crippen molar-refractivity contribution in [3.8, 4) is 5.75 Å². The number of rotatable bonds is 2. The van der Waals surface area contributed by atoms with Crippen LogP contribution in [0.25, 0.3) is 22.0 Å². The van der Waals surface area contributed by atoms with E-state index < -0.39 is 10.1 Å². The van der Waals surface area contributed by atoms with E-state index in [4.69, 9.17) is 13.0 Å². The van der Waals surface area contributed by atoms with Gasteiger partial charge in [0.25, 0.3) is 0 Å². The number of benzene rings is 3. The molecule has 1 aliphatic heterocycles. The van der Waals surface area contributed by atoms with Gasteiger partial charge in [0.15, 0.2) is 6.21 Å². The number of nitrogens with one attached hydrogen (secondary N) is 2. The Morgan fingerprint density at radius 3 is 2.35 bits per heavy atom. The quantitative estimate of drug-likeness (QED) is 0.423. The Bertz CT molecular complexity index is 1410. The zero-order chi connectivity index (χ0) is 22.0. The Balaban J connectivity index is 0.000000418. The number of fused-ring (bicyclic) bond motifs is 2. The van der Waals surface area contributed by atoms with Crippen LogP contribution in [-0.4, -0.2) is 35.5 Å². The van der Waals surface area contributed by atoms with Crippen molar-refractivity contribution in [2.75, 3.05) is 6.26 Å². The number of aromatic nitrogens is 1. The fraction of sp³-hybridized carbons (Fsp3) is 0.0417. The molecule has 5 rings (SSSR count). The van der Waals surface area contributed by atoms with E-state index in [9.17, 15) is 5.11 Å². The molecule has 7 heteroatoms. The highest BCUT2D eigenvalue weighted by molar-refractivity contribution is 7.84. The van der Waals surface area contributed by atoms with Crippen LogP contribution >= 0.6 is 0 Å². The summed E-state index contributed by atoms with van der Waals surface area (Å²) < 4.78 is 27.2. The molecule has 0 fully saturated rings. The van der Waals surface area contributed by atoms with Crippen molar-refractivity contribution in [2.45, 2.75) is 0 Å². The second-order valence-corrected chi connectivity index (χ2v) is 8.53. The van der Waals surface area contributed by atoms with Crippen LogP contribution in [0, 0.1) is 0 Å². The first kappa shape index (κ1) is 20.6. The predicted octanol–water partition coefficient (Wildman–Crippen LogP) is 2.79. The van der Waals surface area contributed by atoms with Crippen LogP contribution in [-0.2, 0) is 10.1 Å². The van der Waals surface area contributed by atoms with Crippen LogP contribution in [0.15, 0.2) is 79.0 Å². The summed E-state index contributed by atoms with van der Waals surface area (Å²) in [7, 11) is -3.92. The highest BCUT2D eigenvalue weighted by atomic mass is 32.2. The van der Waals surface area contributed by atoms with Crippen LogP contribution < -0.4 is 4.99 Å². The van der Waals surface area contributed by atoms with Gasteiger partial charge in [-0.2, -0.15) is 0 Å². The summed E-state index contributed by atoms with van der Waals surface area (Å²) >= 11 is 0. The normalized spacial score (nSPS) is 14.1. The Kier molecular flexibility index (Phi) is 5.46. The molecule has 0 amide bonds. The molecule has 0 aliphatic carbocycles. The number of H-pyrrole nitrogens is 1. The lowest BCUT2D eigenvalue weighted by Crippen LogP contribution is -2.58. The maximum atomic E-state index is 9.72. The van der Waals surface area contributed by atoms with E-state index in [0.717, 1.165) is 33.5 Å². The van der Waals surface area contributed by atoms with Crippen molar-refractivity contribution in [1.29, 1.82) is 0 Å². The second kappa shape index (κ2) is 8.22. The zero-order valence-corrected chi connectivity index (χ0v) is 17.5. The Labute approximate surface area is 180 Å². The van der Waals surface area contributed by atoms with Gasteiger partial charge in [-0.3, -0.25) is 0 Å². The molecule has 2 heterocycles. The van der Waals surface area contributed by atoms with E-state index in [1.807, 2.05) is 24.3 Å². The number of aromatic hydroxyl groups is 1. The summed E-state index contributed by atoms with van der Waals surface area (Å²) in [6, 6.07) is 24.0. The van der Waals surface area contributed by atoms with Crippen molar-refractivity contribution >= 4 is 44.1 Å². The number of hydrogen-bond donors (Lipinski definition) is 3. The van der Waals surface area contributed by atoms with Crippen molar-refractivity contribution in [1.82, 2.24) is 4.98 Å². The van der Waals surface area contributed by atoms with Crippen molar-refractivity contribution in [2.24, 2.45) is 0 Å². The monoisotopic (exact) mass is 432 g/mol. The minimum Gasteiger partial charge on any atom is -0.748 e. The van der Waals surface area contributed by atoms with Crippen molar-refractivity contribution in [3.63, 3.8) is 0 Å². The third kappa shape index (κ3) is 4.58. The number of phenols is 1. The summed E-state index contributed by atoms with van der Waals surface area (Å²) in [5, 5.41) is 10.9. The fourth-order valence-corrected chi connectivity index (χ4v) is 3.64. The first-order chi connectivity index (χ1) is 14.8. The molecule has 1 aromatic heterocycles. The predicted molar refractivity (Wildman–Crippen MR) is 121 cm³/mol. The standard InChI is InChI=1S/C23H16N2O.CH4O3S/c26-16-11-9-15(10-12-16)23(19-13-24-21-7-3-1-5-17(19)21)20-14-25-22-8-4-2-6-18(20)22;1-5(2,3)4/h1-14,24,26H;1H3,(H,2,3,4)/b23-20+;. The van der Waals surface area contributed by atoms with E-state index in [2.05, 4.69) is 58.8 Å². The lowest BCUT2D eigenvalue weighted by atomic mass is 9.90. The molecule has 0 saturated carbocycles. The fourth-order valence-electron chi connectivity index (χ4n) is 3.64. The van der Waals surface area contributed by atoms with E-state index in [1.165, 1.54) is 10.9 Å². The van der Waals surface area contributed by atoms with Crippen LogP contribution in [0.2, 0.25) is 0 Å². The molecular weight excluding hydrogens is 412 g/mol. The molecule has 6 nitrogen and oxygen atoms in total. The average molecular weight is 433 g/mol. The largest absolute Gasteiger partial charge is 0.748 e. The summed E-state index contributed by atoms with van der Waals surface area (Å²) in [4.78, 5) is 6.76. The molecule has 0 bridgehead atoms. The molecule has 156 valence electrons. The Morgan fingerprint density at radius 1 is 0.968 bits per heavy atom. The van der Waals surface area contributed by atoms with Crippen LogP contribution in [0.5, 0.6) is 5.75 Å². The van der Waals surface area contributed by atoms with Gasteiger partial charge < -0.3 is 14.6 Å². The van der Waals surface area contributed by atoms with Crippen molar-refractivity contribution in [3.05, 3.63) is 95.7 Å². The van der Waals surface area contributed by atoms with Gasteiger partial charge in [0, 0.05) is 40.6 Å². The summed E-state index contributed by atoms with van der Waals surface area (Å²) in [6.07, 6.45) is 4.73. The molecule has 0 saturated heterocycles. The van der Waals surface area contributed by atoms with E-state index >= 15 is 0 Å². The van der Waals surface area contributed by atoms with Gasteiger partial charge in [-0.15, -0.1) is 0 Å². The smallest absolute Gasteiger partial charge is 0.211 e. The molecule has 1 aliphatic rings. The van der Waals surface area contributed by atoms with Gasteiger partial charge in [-0.05, 0) is 29.8 Å². The van der Waals surface area contributed by atoms with Crippen LogP contribution in [0.1, 0.15) is 16.7 Å². The Morgan fingerprint density at radius 2 is 1.61 bits per heavy atom. The Hall–Kier alpha value is -3.68. The third-order valence-corrected chi connectivity index (χ3v) is 4.87. The lowest BCUT2D eigenvalue weighted by Gasteiger charge is -2.10. The summed E-state index contributed by atoms with van der Waals surface area (Å²) in [5.74, 6) is 0.269.